The Morgan fingerprint density at radius 1 is 1.00 bits per heavy atom. The predicted molar refractivity (Wildman–Crippen MR) is 1.37 cm³/mol. The van der Waals surface area contributed by atoms with Crippen molar-refractivity contribution in [1.82, 2.24) is 0 Å². The van der Waals surface area contributed by atoms with Gasteiger partial charge >= 0.3 is 68.5 Å². The third-order valence-corrected chi connectivity index (χ3v) is 0. The zero-order valence-electron chi connectivity index (χ0n) is 4.01. The van der Waals surface area contributed by atoms with Gasteiger partial charge in [0, 0.05) is 0 Å². The molecule has 0 unspecified atom stereocenters. The standard InChI is InChI=1S/2Li.4O.Re/q2*+1;;;2*-1;. The molecule has 0 aliphatic carbocycles. The van der Waals surface area contributed by atoms with Crippen LogP contribution in [0.15, 0.2) is 0 Å². The topological polar surface area (TPSA) is 80.3 Å². The molecule has 0 N–H and O–H groups in total. The van der Waals surface area contributed by atoms with Crippen LogP contribution in [0.4, 0.5) is 0 Å². The maximum atomic E-state index is 8.64. The van der Waals surface area contributed by atoms with Crippen LogP contribution >= 0.6 is 0 Å². The summed E-state index contributed by atoms with van der Waals surface area (Å²) in [4.78, 5) is 0. The average molecular weight is 264 g/mol. The summed E-state index contributed by atoms with van der Waals surface area (Å²) in [7, 11) is 0. The van der Waals surface area contributed by atoms with Gasteiger partial charge in [-0.15, -0.1) is 0 Å². The Labute approximate surface area is 68.1 Å². The summed E-state index contributed by atoms with van der Waals surface area (Å²) in [5.41, 5.74) is 0. The van der Waals surface area contributed by atoms with Crippen LogP contribution < -0.4 is 45.4 Å². The average Bonchev–Trinajstić information content (AvgIpc) is 0.722. The van der Waals surface area contributed by atoms with Crippen LogP contribution in [0.25, 0.3) is 0 Å². The molecular formula is Li2O4Re. The molecule has 0 heterocycles. The molecule has 0 amide bonds. The van der Waals surface area contributed by atoms with Gasteiger partial charge in [-0.2, -0.15) is 0 Å². The number of hydrogen-bond donors (Lipinski definition) is 0. The molecule has 0 fully saturated rings. The van der Waals surface area contributed by atoms with E-state index in [0.29, 0.717) is 0 Å². The number of rotatable bonds is 0. The van der Waals surface area contributed by atoms with Gasteiger partial charge in [-0.05, 0) is 0 Å². The summed E-state index contributed by atoms with van der Waals surface area (Å²) in [6.45, 7) is 0. The Bertz CT molecular complexity index is 92.9. The molecular weight excluding hydrogens is 264 g/mol. The molecule has 0 rings (SSSR count). The van der Waals surface area contributed by atoms with E-state index in [1.807, 2.05) is 0 Å². The van der Waals surface area contributed by atoms with Gasteiger partial charge in [0.15, 0.2) is 0 Å². The Hall–Kier alpha value is 1.38. The van der Waals surface area contributed by atoms with Crippen molar-refractivity contribution in [3.05, 3.63) is 0 Å². The van der Waals surface area contributed by atoms with E-state index < -0.39 is 16.2 Å². The normalized spacial score (nSPS) is 8.29. The molecule has 0 aliphatic rings. The van der Waals surface area contributed by atoms with Gasteiger partial charge in [0.2, 0.25) is 0 Å². The van der Waals surface area contributed by atoms with Crippen LogP contribution in [0.1, 0.15) is 0 Å². The molecule has 0 bridgehead atoms. The first kappa shape index (κ1) is 15.8. The second-order valence-corrected chi connectivity index (χ2v) is 3.09. The fourth-order valence-corrected chi connectivity index (χ4v) is 0. The second-order valence-electron chi connectivity index (χ2n) is 0.378. The van der Waals surface area contributed by atoms with Gasteiger partial charge < -0.3 is 0 Å². The van der Waals surface area contributed by atoms with Gasteiger partial charge in [-0.1, -0.05) is 0 Å². The van der Waals surface area contributed by atoms with Crippen molar-refractivity contribution in [3.63, 3.8) is 0 Å². The molecule has 0 aromatic rings. The quantitative estimate of drug-likeness (QED) is 0.407. The minimum atomic E-state index is -6.11. The Morgan fingerprint density at radius 2 is 1.00 bits per heavy atom. The monoisotopic (exact) mass is 265 g/mol. The first-order valence-electron chi connectivity index (χ1n) is 0.617. The summed E-state index contributed by atoms with van der Waals surface area (Å²) >= 11 is -6.11. The molecule has 0 spiro atoms. The maximum absolute atomic E-state index is 8.64. The second kappa shape index (κ2) is 5.51. The molecule has 7 heavy (non-hydrogen) atoms. The van der Waals surface area contributed by atoms with Gasteiger partial charge in [-0.25, -0.2) is 0 Å². The van der Waals surface area contributed by atoms with Crippen LogP contribution in [0.3, 0.4) is 0 Å². The van der Waals surface area contributed by atoms with Crippen LogP contribution in [0.5, 0.6) is 0 Å². The van der Waals surface area contributed by atoms with Gasteiger partial charge in [0.05, 0.1) is 0 Å². The summed E-state index contributed by atoms with van der Waals surface area (Å²) in [5, 5.41) is 0. The van der Waals surface area contributed by atoms with E-state index >= 15 is 0 Å². The van der Waals surface area contributed by atoms with Gasteiger partial charge in [-0.3, -0.25) is 0 Å². The Morgan fingerprint density at radius 3 is 1.00 bits per heavy atom. The van der Waals surface area contributed by atoms with Crippen LogP contribution in [-0.2, 0) is 23.1 Å². The van der Waals surface area contributed by atoms with E-state index in [2.05, 4.69) is 0 Å². The molecule has 4 nitrogen and oxygen atoms in total. The van der Waals surface area contributed by atoms with Crippen molar-refractivity contribution >= 4 is 0 Å². The first-order valence-corrected chi connectivity index (χ1v) is 5.05. The van der Waals surface area contributed by atoms with E-state index in [-0.39, 0.29) is 37.7 Å². The van der Waals surface area contributed by atoms with Crippen molar-refractivity contribution in [2.24, 2.45) is 0 Å². The molecule has 0 saturated heterocycles. The van der Waals surface area contributed by atoms with Crippen LogP contribution in [0, 0.1) is 0 Å². The molecule has 33 valence electrons. The zero-order chi connectivity index (χ0) is 4.50. The molecule has 0 aromatic heterocycles. The minimum absolute atomic E-state index is 0. The number of hydrogen-bond acceptors (Lipinski definition) is 4. The fourth-order valence-electron chi connectivity index (χ4n) is 0. The van der Waals surface area contributed by atoms with Crippen molar-refractivity contribution in [2.45, 2.75) is 0 Å². The fraction of sp³-hybridized carbons (Fsp3) is 0. The van der Waals surface area contributed by atoms with Gasteiger partial charge in [0.1, 0.15) is 0 Å². The van der Waals surface area contributed by atoms with E-state index in [9.17, 15) is 0 Å². The molecule has 7 heteroatoms. The third-order valence-electron chi connectivity index (χ3n) is 0. The van der Waals surface area contributed by atoms with Gasteiger partial charge in [0.25, 0.3) is 0 Å². The van der Waals surface area contributed by atoms with E-state index in [1.165, 1.54) is 0 Å². The molecule has 0 saturated carbocycles. The summed E-state index contributed by atoms with van der Waals surface area (Å²) < 4.78 is 34.6. The Balaban J connectivity index is -0.0000000800. The van der Waals surface area contributed by atoms with E-state index in [0.717, 1.165) is 0 Å². The molecule has 0 aromatic carbocycles. The van der Waals surface area contributed by atoms with Crippen molar-refractivity contribution in [1.29, 1.82) is 0 Å². The Kier molecular flexibility index (Phi) is 12.4. The summed E-state index contributed by atoms with van der Waals surface area (Å²) in [6.07, 6.45) is 0. The summed E-state index contributed by atoms with van der Waals surface area (Å²) in [6, 6.07) is 0. The SMILES string of the molecule is [Li+].[Li+].[O]=[Re](=[O])([O-])[O-]. The molecule has 0 atom stereocenters. The van der Waals surface area contributed by atoms with Crippen molar-refractivity contribution in [3.8, 4) is 0 Å². The van der Waals surface area contributed by atoms with Crippen LogP contribution in [0.2, 0.25) is 0 Å². The molecule has 0 aliphatic heterocycles. The van der Waals surface area contributed by atoms with Crippen molar-refractivity contribution < 1.29 is 68.5 Å². The third kappa shape index (κ3) is 112. The first-order chi connectivity index (χ1) is 2.00. The summed E-state index contributed by atoms with van der Waals surface area (Å²) in [5.74, 6) is 0. The van der Waals surface area contributed by atoms with Crippen LogP contribution in [-0.4, -0.2) is 0 Å². The van der Waals surface area contributed by atoms with E-state index in [4.69, 9.17) is 14.6 Å². The van der Waals surface area contributed by atoms with Crippen molar-refractivity contribution in [2.75, 3.05) is 0 Å². The molecule has 0 radical (unpaired) electrons. The predicted octanol–water partition coefficient (Wildman–Crippen LogP) is -8.61. The zero-order valence-corrected chi connectivity index (χ0v) is 6.73. The van der Waals surface area contributed by atoms with E-state index in [1.54, 1.807) is 0 Å².